The SMILES string of the molecule is COc1cc(I)c2cc(C)cc(C)c2c1-c1c(OC)cc(I)c2cc(C)cc(OS(=O)(=O)C(F)(F)F)c12.COc1cc(I)c2cc(I)ccc2c1-c1c(OC)cc(I)c2cc(I)ccc12.COc1cc(OS(=O)(=O)C(F)(F)F)c2cc(C)cc(C)c2c1-c1c(OC)cc(I)c2cc(C)cc(OS(=O)(=O)C(F)(F)F)c12. The highest BCUT2D eigenvalue weighted by molar-refractivity contribution is 14.1. The zero-order valence-electron chi connectivity index (χ0n) is 58.4. The highest BCUT2D eigenvalue weighted by Crippen LogP contribution is 2.56. The number of halogens is 16. The molecular formula is C75H56F9I7O15S3. The smallest absolute Gasteiger partial charge is 0.496 e. The van der Waals surface area contributed by atoms with Crippen molar-refractivity contribution >= 4 is 253 Å². The lowest BCUT2D eigenvalue weighted by atomic mass is 9.88. The highest BCUT2D eigenvalue weighted by Gasteiger charge is 2.51. The summed E-state index contributed by atoms with van der Waals surface area (Å²) in [4.78, 5) is 0. The van der Waals surface area contributed by atoms with Crippen molar-refractivity contribution in [3.8, 4) is 85.1 Å². The molecule has 0 atom stereocenters. The van der Waals surface area contributed by atoms with Crippen LogP contribution in [0.2, 0.25) is 0 Å². The molecule has 0 aliphatic rings. The molecule has 15 nitrogen and oxygen atoms in total. The molecule has 109 heavy (non-hydrogen) atoms. The second-order valence-corrected chi connectivity index (χ2v) is 37.3. The number of benzene rings is 12. The van der Waals surface area contributed by atoms with Gasteiger partial charge in [0.2, 0.25) is 0 Å². The minimum Gasteiger partial charge on any atom is -0.496 e. The Kier molecular flexibility index (Phi) is 26.0. The van der Waals surface area contributed by atoms with Gasteiger partial charge in [0.05, 0.1) is 42.7 Å². The summed E-state index contributed by atoms with van der Waals surface area (Å²) < 4.78 is 248. The average molecular weight is 2350 g/mol. The van der Waals surface area contributed by atoms with Crippen molar-refractivity contribution in [1.29, 1.82) is 0 Å². The van der Waals surface area contributed by atoms with Crippen LogP contribution in [0.1, 0.15) is 33.4 Å². The van der Waals surface area contributed by atoms with Crippen LogP contribution in [0.25, 0.3) is 98.0 Å². The Hall–Kier alpha value is -5.27. The van der Waals surface area contributed by atoms with Crippen molar-refractivity contribution < 1.29 is 106 Å². The molecule has 0 aromatic heterocycles. The van der Waals surface area contributed by atoms with E-state index in [0.29, 0.717) is 57.4 Å². The number of rotatable bonds is 15. The van der Waals surface area contributed by atoms with Gasteiger partial charge in [0.1, 0.15) is 34.5 Å². The summed E-state index contributed by atoms with van der Waals surface area (Å²) in [6.45, 7) is 10.2. The summed E-state index contributed by atoms with van der Waals surface area (Å²) >= 11 is 15.6. The van der Waals surface area contributed by atoms with Crippen LogP contribution in [0, 0.1) is 66.5 Å². The van der Waals surface area contributed by atoms with Gasteiger partial charge >= 0.3 is 46.9 Å². The fourth-order valence-electron chi connectivity index (χ4n) is 12.8. The third-order valence-corrected chi connectivity index (χ3v) is 25.8. The first-order chi connectivity index (χ1) is 50.8. The second kappa shape index (κ2) is 32.9. The molecule has 0 unspecified atom stereocenters. The van der Waals surface area contributed by atoms with E-state index in [4.69, 9.17) is 32.6 Å². The number of hydrogen-bond acceptors (Lipinski definition) is 15. The summed E-state index contributed by atoms with van der Waals surface area (Å²) in [6.07, 6.45) is 0. The van der Waals surface area contributed by atoms with Crippen LogP contribution in [-0.2, 0) is 30.4 Å². The van der Waals surface area contributed by atoms with E-state index < -0.39 is 64.1 Å². The molecule has 0 saturated heterocycles. The number of methoxy groups -OCH3 is 6. The molecule has 12 rings (SSSR count). The third-order valence-electron chi connectivity index (χ3n) is 17.1. The van der Waals surface area contributed by atoms with E-state index in [2.05, 4.69) is 170 Å². The molecule has 0 aliphatic heterocycles. The van der Waals surface area contributed by atoms with Gasteiger partial charge in [0.25, 0.3) is 0 Å². The Morgan fingerprint density at radius 1 is 0.257 bits per heavy atom. The molecule has 0 N–H and O–H groups in total. The third kappa shape index (κ3) is 17.1. The predicted octanol–water partition coefficient (Wildman–Crippen LogP) is 23.8. The van der Waals surface area contributed by atoms with Crippen LogP contribution in [0.5, 0.6) is 51.7 Å². The van der Waals surface area contributed by atoms with E-state index >= 15 is 0 Å². The maximum Gasteiger partial charge on any atom is 0.534 e. The van der Waals surface area contributed by atoms with E-state index in [9.17, 15) is 64.8 Å². The zero-order chi connectivity index (χ0) is 80.6. The molecular weight excluding hydrogens is 2300 g/mol. The summed E-state index contributed by atoms with van der Waals surface area (Å²) in [5, 5.41) is 7.23. The van der Waals surface area contributed by atoms with Gasteiger partial charge in [-0.25, -0.2) is 0 Å². The van der Waals surface area contributed by atoms with E-state index in [1.54, 1.807) is 59.3 Å². The Labute approximate surface area is 715 Å². The Bertz CT molecular complexity index is 6030. The normalized spacial score (nSPS) is 12.3. The molecule has 0 spiro atoms. The number of aryl methyl sites for hydroxylation is 6. The molecule has 576 valence electrons. The van der Waals surface area contributed by atoms with E-state index in [1.807, 2.05) is 77.2 Å². The van der Waals surface area contributed by atoms with Gasteiger partial charge in [-0.2, -0.15) is 64.8 Å². The first kappa shape index (κ1) is 86.1. The lowest BCUT2D eigenvalue weighted by molar-refractivity contribution is -0.0504. The lowest BCUT2D eigenvalue weighted by Crippen LogP contribution is -2.28. The Morgan fingerprint density at radius 3 is 0.817 bits per heavy atom. The molecule has 0 heterocycles. The van der Waals surface area contributed by atoms with Gasteiger partial charge in [0.15, 0.2) is 17.2 Å². The van der Waals surface area contributed by atoms with Crippen LogP contribution in [0.4, 0.5) is 39.5 Å². The van der Waals surface area contributed by atoms with Crippen molar-refractivity contribution in [3.63, 3.8) is 0 Å². The number of hydrogen-bond donors (Lipinski definition) is 0. The van der Waals surface area contributed by atoms with E-state index in [0.717, 1.165) is 67.3 Å². The molecule has 0 amide bonds. The number of ether oxygens (including phenoxy) is 6. The minimum absolute atomic E-state index is 0.00355. The summed E-state index contributed by atoms with van der Waals surface area (Å²) in [5.41, 5.74) is -10.4. The molecule has 0 fully saturated rings. The maximum absolute atomic E-state index is 13.4. The van der Waals surface area contributed by atoms with Crippen molar-refractivity contribution in [2.45, 2.75) is 58.1 Å². The van der Waals surface area contributed by atoms with Gasteiger partial charge in [-0.1, -0.05) is 53.6 Å². The van der Waals surface area contributed by atoms with Gasteiger partial charge in [-0.15, -0.1) is 0 Å². The van der Waals surface area contributed by atoms with Crippen molar-refractivity contribution in [2.75, 3.05) is 42.7 Å². The summed E-state index contributed by atoms with van der Waals surface area (Å²) in [6, 6.07) is 36.0. The highest BCUT2D eigenvalue weighted by atomic mass is 127. The molecule has 12 aromatic rings. The second-order valence-electron chi connectivity index (χ2n) is 24.3. The predicted molar refractivity (Wildman–Crippen MR) is 464 cm³/mol. The zero-order valence-corrected chi connectivity index (χ0v) is 76.0. The first-order valence-corrected chi connectivity index (χ1v) is 43.0. The van der Waals surface area contributed by atoms with Crippen molar-refractivity contribution in [1.82, 2.24) is 0 Å². The fourth-order valence-corrected chi connectivity index (χ4v) is 18.7. The quantitative estimate of drug-likeness (QED) is 0.0408. The van der Waals surface area contributed by atoms with Crippen LogP contribution in [0.15, 0.2) is 121 Å². The van der Waals surface area contributed by atoms with Crippen LogP contribution in [-0.4, -0.2) is 84.4 Å². The maximum atomic E-state index is 13.4. The van der Waals surface area contributed by atoms with Crippen LogP contribution < -0.4 is 41.0 Å². The standard InChI is InChI=1S/C27H21F6IO8S2.C26H21F3I2O5S.C22H14I4O2/c1-12-6-14(3)22-16(8-12)18(41-43(35,36)26(28,29)30)11-20(40-5)24(22)25-19(39-4)10-17(34)15-7-13(2)9-21(23(15)25)42-44(37,38)27(31,32)33;1-12-6-14(3)22-15(7-12)17(30)10-19(34-4)24(22)25-20(35-5)11-18(31)16-8-13(2)9-21(23(16)25)36-37(32,33)26(27,28)29;1-27-19-9-17(25)15-7-11(23)3-5-13(15)21(19)22-14-6-4-12(24)8-16(14)18(26)10-20(22)28-2/h6-11H,1-5H3;6-11H,1-5H3;3-10H,1-2H3. The molecule has 0 aliphatic carbocycles. The summed E-state index contributed by atoms with van der Waals surface area (Å²) in [7, 11) is -9.49. The largest absolute Gasteiger partial charge is 0.534 e. The van der Waals surface area contributed by atoms with Crippen LogP contribution in [0.3, 0.4) is 0 Å². The number of fused-ring (bicyclic) bond motifs is 6. The first-order valence-electron chi connectivity index (χ1n) is 31.2. The van der Waals surface area contributed by atoms with Gasteiger partial charge in [-0.3, -0.25) is 0 Å². The van der Waals surface area contributed by atoms with Gasteiger partial charge < -0.3 is 41.0 Å². The fraction of sp³-hybridized carbons (Fsp3) is 0.200. The molecule has 0 saturated carbocycles. The average Bonchev–Trinajstić information content (AvgIpc) is 0.732. The molecule has 34 heteroatoms. The Morgan fingerprint density at radius 2 is 0.505 bits per heavy atom. The van der Waals surface area contributed by atoms with Crippen molar-refractivity contribution in [3.05, 3.63) is 180 Å². The van der Waals surface area contributed by atoms with E-state index in [1.165, 1.54) is 82.3 Å². The minimum atomic E-state index is -6.17. The van der Waals surface area contributed by atoms with Crippen LogP contribution >= 0.6 is 158 Å². The monoisotopic (exact) mass is 2350 g/mol. The van der Waals surface area contributed by atoms with Crippen molar-refractivity contribution in [2.24, 2.45) is 0 Å². The molecule has 0 radical (unpaired) electrons. The van der Waals surface area contributed by atoms with E-state index in [-0.39, 0.29) is 49.6 Å². The topological polar surface area (TPSA) is 185 Å². The lowest BCUT2D eigenvalue weighted by Gasteiger charge is -2.23. The molecule has 0 bridgehead atoms. The number of alkyl halides is 9. The molecule has 12 aromatic carbocycles. The van der Waals surface area contributed by atoms with Gasteiger partial charge in [0, 0.05) is 86.0 Å². The Balaban J connectivity index is 0.000000178. The summed E-state index contributed by atoms with van der Waals surface area (Å²) in [5.74, 6) is 0.312. The van der Waals surface area contributed by atoms with Gasteiger partial charge in [-0.05, 0) is 338 Å².